The van der Waals surface area contributed by atoms with Crippen molar-refractivity contribution < 1.29 is 32.2 Å². The van der Waals surface area contributed by atoms with E-state index in [0.29, 0.717) is 12.1 Å². The number of ether oxygens (including phenoxy) is 2. The van der Waals surface area contributed by atoms with Gasteiger partial charge in [0.25, 0.3) is 0 Å². The topological polar surface area (TPSA) is 52.6 Å². The van der Waals surface area contributed by atoms with E-state index in [9.17, 15) is 22.8 Å². The van der Waals surface area contributed by atoms with Crippen LogP contribution in [0, 0.1) is 17.5 Å². The molecule has 0 saturated heterocycles. The Balaban J connectivity index is 1.97. The number of hydrogen-bond acceptors (Lipinski definition) is 4. The van der Waals surface area contributed by atoms with E-state index in [2.05, 4.69) is 0 Å². The molecule has 0 aliphatic rings. The molecule has 4 nitrogen and oxygen atoms in total. The van der Waals surface area contributed by atoms with Crippen LogP contribution in [0.3, 0.4) is 0 Å². The predicted octanol–water partition coefficient (Wildman–Crippen LogP) is 4.97. The summed E-state index contributed by atoms with van der Waals surface area (Å²) in [5, 5.41) is 0. The second-order valence-electron chi connectivity index (χ2n) is 5.58. The van der Waals surface area contributed by atoms with Gasteiger partial charge in [0.05, 0.1) is 5.56 Å². The van der Waals surface area contributed by atoms with Gasteiger partial charge in [-0.1, -0.05) is 25.8 Å². The van der Waals surface area contributed by atoms with E-state index in [1.165, 1.54) is 30.3 Å². The molecule has 0 atom stereocenters. The molecule has 7 heteroatoms. The Morgan fingerprint density at radius 3 is 2.19 bits per heavy atom. The number of halogens is 3. The highest BCUT2D eigenvalue weighted by Gasteiger charge is 2.15. The molecule has 0 saturated carbocycles. The van der Waals surface area contributed by atoms with E-state index in [1.54, 1.807) is 6.08 Å². The molecule has 0 N–H and O–H groups in total. The van der Waals surface area contributed by atoms with Crippen molar-refractivity contribution in [3.63, 3.8) is 0 Å². The van der Waals surface area contributed by atoms with E-state index in [0.717, 1.165) is 19.3 Å². The van der Waals surface area contributed by atoms with Gasteiger partial charge in [-0.3, -0.25) is 0 Å². The highest BCUT2D eigenvalue weighted by Crippen LogP contribution is 2.21. The lowest BCUT2D eigenvalue weighted by Crippen LogP contribution is -2.10. The Morgan fingerprint density at radius 1 is 0.963 bits per heavy atom. The molecule has 0 heterocycles. The number of hydrogen-bond donors (Lipinski definition) is 0. The zero-order valence-corrected chi connectivity index (χ0v) is 14.5. The SMILES string of the molecule is CCCCC=CC(=O)Oc1ccc(C(=O)Oc2cc(F)c(F)c(F)c2)cc1. The molecule has 0 fully saturated rings. The fraction of sp³-hybridized carbons (Fsp3) is 0.200. The number of unbranched alkanes of at least 4 members (excludes halogenated alkanes) is 2. The summed E-state index contributed by atoms with van der Waals surface area (Å²) in [4.78, 5) is 23.6. The lowest BCUT2D eigenvalue weighted by atomic mass is 10.2. The monoisotopic (exact) mass is 378 g/mol. The standard InChI is InChI=1S/C20H17F3O4/c1-2-3-4-5-6-18(24)26-14-9-7-13(8-10-14)20(25)27-15-11-16(21)19(23)17(22)12-15/h5-12H,2-4H2,1H3. The molecule has 142 valence electrons. The number of benzene rings is 2. The Morgan fingerprint density at radius 2 is 1.59 bits per heavy atom. The Labute approximate surface area is 154 Å². The third-order valence-electron chi connectivity index (χ3n) is 3.45. The lowest BCUT2D eigenvalue weighted by molar-refractivity contribution is -0.129. The van der Waals surface area contributed by atoms with Gasteiger partial charge in [-0.05, 0) is 30.7 Å². The van der Waals surface area contributed by atoms with Crippen LogP contribution in [0.2, 0.25) is 0 Å². The number of carbonyl (C=O) groups excluding carboxylic acids is 2. The Kier molecular flexibility index (Phi) is 7.16. The summed E-state index contributed by atoms with van der Waals surface area (Å²) in [7, 11) is 0. The maximum Gasteiger partial charge on any atom is 0.343 e. The number of allylic oxidation sites excluding steroid dienone is 1. The minimum absolute atomic E-state index is 0.0541. The van der Waals surface area contributed by atoms with Gasteiger partial charge in [0.2, 0.25) is 0 Å². The molecule has 0 aliphatic heterocycles. The van der Waals surface area contributed by atoms with E-state index < -0.39 is 35.1 Å². The first-order chi connectivity index (χ1) is 12.9. The van der Waals surface area contributed by atoms with Gasteiger partial charge in [-0.2, -0.15) is 0 Å². The second-order valence-corrected chi connectivity index (χ2v) is 5.58. The summed E-state index contributed by atoms with van der Waals surface area (Å²) >= 11 is 0. The van der Waals surface area contributed by atoms with Crippen molar-refractivity contribution in [3.05, 3.63) is 71.6 Å². The molecular weight excluding hydrogens is 361 g/mol. The van der Waals surface area contributed by atoms with Gasteiger partial charge in [0.1, 0.15) is 11.5 Å². The molecule has 0 aromatic heterocycles. The molecule has 2 aromatic carbocycles. The molecule has 27 heavy (non-hydrogen) atoms. The minimum atomic E-state index is -1.65. The molecule has 0 spiro atoms. The van der Waals surface area contributed by atoms with E-state index in [4.69, 9.17) is 9.47 Å². The second kappa shape index (κ2) is 9.56. The Hall–Kier alpha value is -3.09. The van der Waals surface area contributed by atoms with E-state index in [1.807, 2.05) is 6.92 Å². The number of carbonyl (C=O) groups is 2. The van der Waals surface area contributed by atoms with Crippen LogP contribution < -0.4 is 9.47 Å². The van der Waals surface area contributed by atoms with Crippen LogP contribution in [0.1, 0.15) is 36.5 Å². The quantitative estimate of drug-likeness (QED) is 0.224. The predicted molar refractivity (Wildman–Crippen MR) is 92.0 cm³/mol. The van der Waals surface area contributed by atoms with Crippen LogP contribution in [0.5, 0.6) is 11.5 Å². The van der Waals surface area contributed by atoms with Gasteiger partial charge in [0, 0.05) is 18.2 Å². The average Bonchev–Trinajstić information content (AvgIpc) is 2.64. The van der Waals surface area contributed by atoms with Crippen LogP contribution in [0.25, 0.3) is 0 Å². The van der Waals surface area contributed by atoms with Gasteiger partial charge in [0.15, 0.2) is 17.5 Å². The third-order valence-corrected chi connectivity index (χ3v) is 3.45. The van der Waals surface area contributed by atoms with E-state index >= 15 is 0 Å². The highest BCUT2D eigenvalue weighted by atomic mass is 19.2. The van der Waals surface area contributed by atoms with Gasteiger partial charge in [-0.15, -0.1) is 0 Å². The average molecular weight is 378 g/mol. The molecular formula is C20H17F3O4. The fourth-order valence-electron chi connectivity index (χ4n) is 2.07. The van der Waals surface area contributed by atoms with Crippen molar-refractivity contribution in [2.24, 2.45) is 0 Å². The van der Waals surface area contributed by atoms with Gasteiger partial charge in [-0.25, -0.2) is 22.8 Å². The normalized spacial score (nSPS) is 10.8. The van der Waals surface area contributed by atoms with E-state index in [-0.39, 0.29) is 11.3 Å². The molecule has 2 aromatic rings. The van der Waals surface area contributed by atoms with Crippen molar-refractivity contribution in [1.29, 1.82) is 0 Å². The third kappa shape index (κ3) is 5.99. The van der Waals surface area contributed by atoms with Crippen LogP contribution in [-0.2, 0) is 4.79 Å². The van der Waals surface area contributed by atoms with Crippen molar-refractivity contribution >= 4 is 11.9 Å². The first kappa shape index (κ1) is 20.2. The van der Waals surface area contributed by atoms with Crippen LogP contribution >= 0.6 is 0 Å². The summed E-state index contributed by atoms with van der Waals surface area (Å²) in [5.74, 6) is -6.28. The molecule has 0 aliphatic carbocycles. The minimum Gasteiger partial charge on any atom is -0.423 e. The molecule has 2 rings (SSSR count). The molecule has 0 bridgehead atoms. The van der Waals surface area contributed by atoms with Gasteiger partial charge >= 0.3 is 11.9 Å². The molecule has 0 unspecified atom stereocenters. The summed E-state index contributed by atoms with van der Waals surface area (Å²) in [5.41, 5.74) is 0.0541. The summed E-state index contributed by atoms with van der Waals surface area (Å²) < 4.78 is 49.1. The van der Waals surface area contributed by atoms with Crippen molar-refractivity contribution in [2.75, 3.05) is 0 Å². The molecule has 0 radical (unpaired) electrons. The van der Waals surface area contributed by atoms with Crippen molar-refractivity contribution in [2.45, 2.75) is 26.2 Å². The smallest absolute Gasteiger partial charge is 0.343 e. The fourth-order valence-corrected chi connectivity index (χ4v) is 2.07. The van der Waals surface area contributed by atoms with Crippen molar-refractivity contribution in [3.8, 4) is 11.5 Å². The lowest BCUT2D eigenvalue weighted by Gasteiger charge is -2.06. The van der Waals surface area contributed by atoms with Crippen LogP contribution in [0.4, 0.5) is 13.2 Å². The largest absolute Gasteiger partial charge is 0.423 e. The van der Waals surface area contributed by atoms with Gasteiger partial charge < -0.3 is 9.47 Å². The maximum atomic E-state index is 13.1. The summed E-state index contributed by atoms with van der Waals surface area (Å²) in [6.07, 6.45) is 5.82. The molecule has 0 amide bonds. The highest BCUT2D eigenvalue weighted by molar-refractivity contribution is 5.91. The van der Waals surface area contributed by atoms with Crippen LogP contribution in [0.15, 0.2) is 48.6 Å². The zero-order valence-electron chi connectivity index (χ0n) is 14.5. The first-order valence-electron chi connectivity index (χ1n) is 8.26. The maximum absolute atomic E-state index is 13.1. The van der Waals surface area contributed by atoms with Crippen molar-refractivity contribution in [1.82, 2.24) is 0 Å². The first-order valence-corrected chi connectivity index (χ1v) is 8.26. The zero-order chi connectivity index (χ0) is 19.8. The number of rotatable bonds is 7. The summed E-state index contributed by atoms with van der Waals surface area (Å²) in [6, 6.07) is 6.53. The summed E-state index contributed by atoms with van der Waals surface area (Å²) in [6.45, 7) is 2.04. The number of esters is 2. The Bertz CT molecular complexity index is 822. The van der Waals surface area contributed by atoms with Crippen LogP contribution in [-0.4, -0.2) is 11.9 Å².